The summed E-state index contributed by atoms with van der Waals surface area (Å²) in [5.74, 6) is 0.234. The highest BCUT2D eigenvalue weighted by Gasteiger charge is 2.25. The molecule has 1 saturated carbocycles. The van der Waals surface area contributed by atoms with Crippen LogP contribution in [0.3, 0.4) is 0 Å². The Morgan fingerprint density at radius 1 is 1.15 bits per heavy atom. The van der Waals surface area contributed by atoms with Gasteiger partial charge in [0.2, 0.25) is 5.91 Å². The van der Waals surface area contributed by atoms with Gasteiger partial charge in [-0.3, -0.25) is 14.9 Å². The van der Waals surface area contributed by atoms with Crippen molar-refractivity contribution in [2.75, 3.05) is 5.32 Å². The lowest BCUT2D eigenvalue weighted by Gasteiger charge is -2.11. The highest BCUT2D eigenvalue weighted by molar-refractivity contribution is 6.15. The standard InChI is InChI=1S/C24H21N7O2/c32-22-12-16(24(33)29-22)11-17-14-26-31-21(27-18-4-5-18)13-19(28-23(17)31)10-15-2-6-20(7-3-15)30-9-1-8-25-30/h1-3,6-9,11,13-14,18,27H,4-5,10,12H2,(H,29,32,33)/b16-11+. The van der Waals surface area contributed by atoms with Crippen molar-refractivity contribution in [2.45, 2.75) is 31.7 Å². The van der Waals surface area contributed by atoms with Crippen LogP contribution in [0.5, 0.6) is 0 Å². The van der Waals surface area contributed by atoms with Crippen LogP contribution in [0.4, 0.5) is 5.82 Å². The van der Waals surface area contributed by atoms with Gasteiger partial charge in [-0.05, 0) is 42.7 Å². The van der Waals surface area contributed by atoms with Gasteiger partial charge in [0, 0.05) is 42.1 Å². The highest BCUT2D eigenvalue weighted by Crippen LogP contribution is 2.27. The van der Waals surface area contributed by atoms with Crippen LogP contribution in [0.15, 0.2) is 60.6 Å². The Hall–Kier alpha value is -4.27. The van der Waals surface area contributed by atoms with Crippen LogP contribution in [-0.4, -0.2) is 42.2 Å². The summed E-state index contributed by atoms with van der Waals surface area (Å²) in [4.78, 5) is 28.5. The molecule has 0 atom stereocenters. The van der Waals surface area contributed by atoms with Crippen LogP contribution in [-0.2, 0) is 16.0 Å². The first kappa shape index (κ1) is 19.4. The number of carbonyl (C=O) groups excluding carboxylic acids is 2. The topological polar surface area (TPSA) is 106 Å². The molecule has 0 radical (unpaired) electrons. The van der Waals surface area contributed by atoms with Crippen molar-refractivity contribution < 1.29 is 9.59 Å². The van der Waals surface area contributed by atoms with Gasteiger partial charge in [-0.1, -0.05) is 12.1 Å². The average Bonchev–Trinajstić information content (AvgIpc) is 3.17. The molecular weight excluding hydrogens is 418 g/mol. The molecule has 9 heteroatoms. The molecule has 0 bridgehead atoms. The maximum Gasteiger partial charge on any atom is 0.254 e. The Balaban J connectivity index is 1.35. The zero-order valence-electron chi connectivity index (χ0n) is 17.7. The summed E-state index contributed by atoms with van der Waals surface area (Å²) >= 11 is 0. The largest absolute Gasteiger partial charge is 0.367 e. The molecular formula is C24H21N7O2. The number of amides is 2. The van der Waals surface area contributed by atoms with Crippen LogP contribution in [0, 0.1) is 0 Å². The number of anilines is 1. The predicted octanol–water partition coefficient (Wildman–Crippen LogP) is 2.51. The molecule has 2 fully saturated rings. The van der Waals surface area contributed by atoms with Crippen molar-refractivity contribution in [3.8, 4) is 5.69 Å². The van der Waals surface area contributed by atoms with Gasteiger partial charge in [-0.2, -0.15) is 14.7 Å². The fraction of sp³-hybridized carbons (Fsp3) is 0.208. The number of aromatic nitrogens is 5. The van der Waals surface area contributed by atoms with E-state index in [-0.39, 0.29) is 18.2 Å². The van der Waals surface area contributed by atoms with Crippen LogP contribution in [0.2, 0.25) is 0 Å². The first-order chi connectivity index (χ1) is 16.1. The molecule has 0 unspecified atom stereocenters. The summed E-state index contributed by atoms with van der Waals surface area (Å²) in [6, 6.07) is 12.6. The summed E-state index contributed by atoms with van der Waals surface area (Å²) in [5, 5.41) is 14.6. The van der Waals surface area contributed by atoms with Crippen molar-refractivity contribution in [3.05, 3.63) is 77.4 Å². The van der Waals surface area contributed by atoms with Gasteiger partial charge in [0.25, 0.3) is 5.91 Å². The number of imide groups is 1. The average molecular weight is 439 g/mol. The molecule has 164 valence electrons. The molecule has 2 amide bonds. The number of hydrogen-bond acceptors (Lipinski definition) is 6. The third kappa shape index (κ3) is 3.89. The molecule has 3 aromatic heterocycles. The lowest BCUT2D eigenvalue weighted by molar-refractivity contribution is -0.124. The molecule has 2 N–H and O–H groups in total. The molecule has 1 aromatic carbocycles. The van der Waals surface area contributed by atoms with E-state index in [0.29, 0.717) is 29.2 Å². The molecule has 4 heterocycles. The van der Waals surface area contributed by atoms with E-state index < -0.39 is 0 Å². The first-order valence-electron chi connectivity index (χ1n) is 10.9. The Morgan fingerprint density at radius 2 is 2.00 bits per heavy atom. The van der Waals surface area contributed by atoms with Gasteiger partial charge < -0.3 is 5.32 Å². The van der Waals surface area contributed by atoms with Gasteiger partial charge in [-0.25, -0.2) is 9.67 Å². The smallest absolute Gasteiger partial charge is 0.254 e. The molecule has 1 aliphatic carbocycles. The van der Waals surface area contributed by atoms with Gasteiger partial charge in [0.05, 0.1) is 24.0 Å². The van der Waals surface area contributed by atoms with E-state index in [9.17, 15) is 9.59 Å². The molecule has 1 aliphatic heterocycles. The van der Waals surface area contributed by atoms with Crippen molar-refractivity contribution in [1.29, 1.82) is 0 Å². The van der Waals surface area contributed by atoms with E-state index in [4.69, 9.17) is 4.98 Å². The third-order valence-corrected chi connectivity index (χ3v) is 5.80. The van der Waals surface area contributed by atoms with Crippen LogP contribution >= 0.6 is 0 Å². The van der Waals surface area contributed by atoms with E-state index in [1.54, 1.807) is 23.0 Å². The minimum Gasteiger partial charge on any atom is -0.367 e. The quantitative estimate of drug-likeness (QED) is 0.353. The Kier molecular flexibility index (Phi) is 4.53. The maximum atomic E-state index is 12.0. The number of fused-ring (bicyclic) bond motifs is 1. The minimum absolute atomic E-state index is 0.0750. The van der Waals surface area contributed by atoms with E-state index in [1.165, 1.54) is 0 Å². The number of hydrogen-bond donors (Lipinski definition) is 2. The second kappa shape index (κ2) is 7.70. The molecule has 6 rings (SSSR count). The second-order valence-corrected chi connectivity index (χ2v) is 8.40. The SMILES string of the molecule is O=C1C/C(=C\c2cnn3c(NC4CC4)cc(Cc4ccc(-n5cccn5)cc4)nc23)C(=O)N1. The molecule has 4 aromatic rings. The number of rotatable bonds is 6. The fourth-order valence-corrected chi connectivity index (χ4v) is 3.97. The van der Waals surface area contributed by atoms with Crippen molar-refractivity contribution in [2.24, 2.45) is 0 Å². The summed E-state index contributed by atoms with van der Waals surface area (Å²) in [6.45, 7) is 0. The molecule has 2 aliphatic rings. The predicted molar refractivity (Wildman–Crippen MR) is 122 cm³/mol. The van der Waals surface area contributed by atoms with E-state index in [0.717, 1.165) is 35.6 Å². The van der Waals surface area contributed by atoms with Crippen LogP contribution in [0.1, 0.15) is 36.1 Å². The highest BCUT2D eigenvalue weighted by atomic mass is 16.2. The Morgan fingerprint density at radius 3 is 2.70 bits per heavy atom. The van der Waals surface area contributed by atoms with E-state index in [2.05, 4.69) is 33.0 Å². The second-order valence-electron chi connectivity index (χ2n) is 8.40. The summed E-state index contributed by atoms with van der Waals surface area (Å²) < 4.78 is 3.59. The molecule has 1 saturated heterocycles. The lowest BCUT2D eigenvalue weighted by atomic mass is 10.1. The van der Waals surface area contributed by atoms with E-state index >= 15 is 0 Å². The first-order valence-corrected chi connectivity index (χ1v) is 10.9. The van der Waals surface area contributed by atoms with Gasteiger partial charge in [0.1, 0.15) is 5.82 Å². The number of nitrogens with zero attached hydrogens (tertiary/aromatic N) is 5. The monoisotopic (exact) mass is 439 g/mol. The van der Waals surface area contributed by atoms with Crippen molar-refractivity contribution >= 4 is 29.4 Å². The van der Waals surface area contributed by atoms with Gasteiger partial charge in [0.15, 0.2) is 5.65 Å². The van der Waals surface area contributed by atoms with Crippen molar-refractivity contribution in [3.63, 3.8) is 0 Å². The molecule has 9 nitrogen and oxygen atoms in total. The fourth-order valence-electron chi connectivity index (χ4n) is 3.97. The molecule has 0 spiro atoms. The lowest BCUT2D eigenvalue weighted by Crippen LogP contribution is -2.19. The molecule has 33 heavy (non-hydrogen) atoms. The number of carbonyl (C=O) groups is 2. The van der Waals surface area contributed by atoms with Crippen LogP contribution in [0.25, 0.3) is 17.4 Å². The van der Waals surface area contributed by atoms with E-state index in [1.807, 2.05) is 35.1 Å². The number of benzene rings is 1. The normalized spacial score (nSPS) is 17.2. The maximum absolute atomic E-state index is 12.0. The van der Waals surface area contributed by atoms with Gasteiger partial charge >= 0.3 is 0 Å². The summed E-state index contributed by atoms with van der Waals surface area (Å²) in [7, 11) is 0. The van der Waals surface area contributed by atoms with Gasteiger partial charge in [-0.15, -0.1) is 0 Å². The minimum atomic E-state index is -0.357. The van der Waals surface area contributed by atoms with Crippen LogP contribution < -0.4 is 10.6 Å². The Labute approximate surface area is 189 Å². The summed E-state index contributed by atoms with van der Waals surface area (Å²) in [5.41, 5.74) is 4.81. The third-order valence-electron chi connectivity index (χ3n) is 5.80. The number of nitrogens with one attached hydrogen (secondary N) is 2. The zero-order chi connectivity index (χ0) is 22.4. The Bertz CT molecular complexity index is 1400. The zero-order valence-corrected chi connectivity index (χ0v) is 17.7. The summed E-state index contributed by atoms with van der Waals surface area (Å²) in [6.07, 6.45) is 10.1. The van der Waals surface area contributed by atoms with Crippen molar-refractivity contribution in [1.82, 2.24) is 29.7 Å².